The SMILES string of the molecule is CCCS(=O)(=O)N1CN(S(=O)(=O)CCC(C)C)CN(S(=O)(=O)CCC(C)C)C1. The third-order valence-electron chi connectivity index (χ3n) is 4.49. The van der Waals surface area contributed by atoms with Gasteiger partial charge in [-0.1, -0.05) is 34.6 Å². The van der Waals surface area contributed by atoms with Crippen molar-refractivity contribution in [1.82, 2.24) is 12.9 Å². The highest BCUT2D eigenvalue weighted by Gasteiger charge is 2.40. The standard InChI is InChI=1S/C16H35N3O6S3/c1-6-9-26(20,21)17-12-18(27(22,23)10-7-15(2)3)14-19(13-17)28(24,25)11-8-16(4)5/h15-16H,6-14H2,1-5H3. The van der Waals surface area contributed by atoms with Gasteiger partial charge >= 0.3 is 0 Å². The Labute approximate surface area is 171 Å². The molecule has 1 fully saturated rings. The van der Waals surface area contributed by atoms with Crippen molar-refractivity contribution in [3.05, 3.63) is 0 Å². The monoisotopic (exact) mass is 461 g/mol. The van der Waals surface area contributed by atoms with Gasteiger partial charge in [-0.3, -0.25) is 0 Å². The van der Waals surface area contributed by atoms with Crippen molar-refractivity contribution >= 4 is 30.1 Å². The molecule has 0 N–H and O–H groups in total. The van der Waals surface area contributed by atoms with E-state index in [1.165, 1.54) is 0 Å². The van der Waals surface area contributed by atoms with Crippen LogP contribution in [-0.2, 0) is 30.1 Å². The van der Waals surface area contributed by atoms with Crippen LogP contribution in [0, 0.1) is 11.8 Å². The fourth-order valence-electron chi connectivity index (χ4n) is 2.60. The third kappa shape index (κ3) is 7.52. The molecule has 0 bridgehead atoms. The molecule has 12 heteroatoms. The number of sulfonamides is 3. The van der Waals surface area contributed by atoms with Gasteiger partial charge in [-0.2, -0.15) is 12.9 Å². The summed E-state index contributed by atoms with van der Waals surface area (Å²) in [5, 5.41) is 0. The Hall–Kier alpha value is -0.270. The second kappa shape index (κ2) is 10.2. The van der Waals surface area contributed by atoms with Gasteiger partial charge in [0.05, 0.1) is 37.3 Å². The molecule has 0 saturated carbocycles. The maximum Gasteiger partial charge on any atom is 0.216 e. The molecule has 0 aromatic heterocycles. The molecule has 1 saturated heterocycles. The van der Waals surface area contributed by atoms with Crippen molar-refractivity contribution in [3.8, 4) is 0 Å². The molecule has 0 amide bonds. The van der Waals surface area contributed by atoms with Crippen molar-refractivity contribution in [2.24, 2.45) is 11.8 Å². The van der Waals surface area contributed by atoms with Crippen LogP contribution in [0.5, 0.6) is 0 Å². The lowest BCUT2D eigenvalue weighted by atomic mass is 10.2. The molecule has 9 nitrogen and oxygen atoms in total. The summed E-state index contributed by atoms with van der Waals surface area (Å²) in [5.74, 6) is -0.138. The van der Waals surface area contributed by atoms with Gasteiger partial charge in [-0.15, -0.1) is 0 Å². The molecule has 0 unspecified atom stereocenters. The lowest BCUT2D eigenvalue weighted by molar-refractivity contribution is 0.127. The smallest absolute Gasteiger partial charge is 0.212 e. The van der Waals surface area contributed by atoms with E-state index in [0.29, 0.717) is 19.3 Å². The minimum Gasteiger partial charge on any atom is -0.212 e. The van der Waals surface area contributed by atoms with Crippen molar-refractivity contribution in [3.63, 3.8) is 0 Å². The number of hydrogen-bond acceptors (Lipinski definition) is 6. The van der Waals surface area contributed by atoms with E-state index in [9.17, 15) is 25.3 Å². The molecule has 0 atom stereocenters. The quantitative estimate of drug-likeness (QED) is 0.458. The van der Waals surface area contributed by atoms with E-state index in [1.54, 1.807) is 6.92 Å². The Morgan fingerprint density at radius 2 is 0.893 bits per heavy atom. The summed E-state index contributed by atoms with van der Waals surface area (Å²) < 4.78 is 79.0. The Kier molecular flexibility index (Phi) is 9.35. The van der Waals surface area contributed by atoms with Crippen LogP contribution in [0.15, 0.2) is 0 Å². The fraction of sp³-hybridized carbons (Fsp3) is 1.00. The highest BCUT2D eigenvalue weighted by Crippen LogP contribution is 2.21. The second-order valence-corrected chi connectivity index (χ2v) is 14.4. The van der Waals surface area contributed by atoms with Gasteiger partial charge in [-0.25, -0.2) is 25.3 Å². The van der Waals surface area contributed by atoms with Gasteiger partial charge in [0.15, 0.2) is 0 Å². The number of nitrogens with zero attached hydrogens (tertiary/aromatic N) is 3. The molecule has 168 valence electrons. The van der Waals surface area contributed by atoms with Crippen LogP contribution in [0.3, 0.4) is 0 Å². The Balaban J connectivity index is 3.18. The van der Waals surface area contributed by atoms with Crippen LogP contribution in [0.2, 0.25) is 0 Å². The molecular weight excluding hydrogens is 426 g/mol. The van der Waals surface area contributed by atoms with Gasteiger partial charge in [-0.05, 0) is 31.1 Å². The molecule has 1 heterocycles. The summed E-state index contributed by atoms with van der Waals surface area (Å²) in [4.78, 5) is 0. The molecule has 0 aliphatic carbocycles. The third-order valence-corrected chi connectivity index (χ3v) is 9.98. The molecule has 0 aromatic carbocycles. The maximum atomic E-state index is 12.7. The zero-order valence-corrected chi connectivity index (χ0v) is 20.0. The minimum absolute atomic E-state index is 0.147. The first-order valence-electron chi connectivity index (χ1n) is 9.64. The van der Waals surface area contributed by atoms with E-state index in [-0.39, 0.29) is 49.1 Å². The summed E-state index contributed by atoms with van der Waals surface area (Å²) in [5.41, 5.74) is 0. The zero-order chi connectivity index (χ0) is 21.8. The molecule has 28 heavy (non-hydrogen) atoms. The minimum atomic E-state index is -3.79. The van der Waals surface area contributed by atoms with E-state index in [0.717, 1.165) is 12.9 Å². The van der Waals surface area contributed by atoms with Crippen molar-refractivity contribution in [1.29, 1.82) is 0 Å². The maximum absolute atomic E-state index is 12.7. The highest BCUT2D eigenvalue weighted by atomic mass is 32.2. The van der Waals surface area contributed by atoms with Crippen LogP contribution in [0.25, 0.3) is 0 Å². The molecule has 1 aliphatic heterocycles. The molecule has 1 aliphatic rings. The van der Waals surface area contributed by atoms with E-state index < -0.39 is 30.1 Å². The number of rotatable bonds is 11. The van der Waals surface area contributed by atoms with Crippen molar-refractivity contribution in [2.75, 3.05) is 37.3 Å². The van der Waals surface area contributed by atoms with E-state index in [1.807, 2.05) is 27.7 Å². The van der Waals surface area contributed by atoms with Gasteiger partial charge < -0.3 is 0 Å². The zero-order valence-electron chi connectivity index (χ0n) is 17.5. The summed E-state index contributed by atoms with van der Waals surface area (Å²) >= 11 is 0. The average molecular weight is 462 g/mol. The first-order valence-corrected chi connectivity index (χ1v) is 14.5. The second-order valence-electron chi connectivity index (χ2n) is 8.09. The first-order chi connectivity index (χ1) is 12.7. The molecule has 1 rings (SSSR count). The van der Waals surface area contributed by atoms with Crippen molar-refractivity contribution < 1.29 is 25.3 Å². The highest BCUT2D eigenvalue weighted by molar-refractivity contribution is 7.90. The predicted molar refractivity (Wildman–Crippen MR) is 111 cm³/mol. The topological polar surface area (TPSA) is 112 Å². The Bertz CT molecular complexity index is 757. The fourth-order valence-corrected chi connectivity index (χ4v) is 7.54. The van der Waals surface area contributed by atoms with Crippen LogP contribution in [0.1, 0.15) is 53.9 Å². The van der Waals surface area contributed by atoms with Crippen LogP contribution in [0.4, 0.5) is 0 Å². The normalized spacial score (nSPS) is 19.0. The number of hydrogen-bond donors (Lipinski definition) is 0. The Morgan fingerprint density at radius 3 is 1.14 bits per heavy atom. The van der Waals surface area contributed by atoms with Gasteiger partial charge in [0, 0.05) is 0 Å². The summed E-state index contributed by atoms with van der Waals surface area (Å²) in [6, 6.07) is 0. The van der Waals surface area contributed by atoms with Gasteiger partial charge in [0.1, 0.15) is 0 Å². The summed E-state index contributed by atoms with van der Waals surface area (Å²) in [7, 11) is -11.3. The Morgan fingerprint density at radius 1 is 0.607 bits per heavy atom. The molecule has 0 spiro atoms. The van der Waals surface area contributed by atoms with Crippen LogP contribution >= 0.6 is 0 Å². The molecule has 0 aromatic rings. The lowest BCUT2D eigenvalue weighted by Gasteiger charge is -2.40. The van der Waals surface area contributed by atoms with Gasteiger partial charge in [0.2, 0.25) is 30.1 Å². The van der Waals surface area contributed by atoms with E-state index in [4.69, 9.17) is 0 Å². The van der Waals surface area contributed by atoms with Crippen LogP contribution in [-0.4, -0.2) is 75.4 Å². The molecular formula is C16H35N3O6S3. The summed E-state index contributed by atoms with van der Waals surface area (Å²) in [6.07, 6.45) is 1.19. The predicted octanol–water partition coefficient (Wildman–Crippen LogP) is 1.27. The lowest BCUT2D eigenvalue weighted by Crippen LogP contribution is -2.60. The van der Waals surface area contributed by atoms with Gasteiger partial charge in [0.25, 0.3) is 0 Å². The van der Waals surface area contributed by atoms with E-state index in [2.05, 4.69) is 0 Å². The largest absolute Gasteiger partial charge is 0.216 e. The summed E-state index contributed by atoms with van der Waals surface area (Å²) in [6.45, 7) is 8.24. The van der Waals surface area contributed by atoms with Crippen molar-refractivity contribution in [2.45, 2.75) is 53.9 Å². The van der Waals surface area contributed by atoms with E-state index >= 15 is 0 Å². The average Bonchev–Trinajstić information content (AvgIpc) is 2.58. The molecule has 0 radical (unpaired) electrons. The van der Waals surface area contributed by atoms with Crippen LogP contribution < -0.4 is 0 Å². The first kappa shape index (κ1) is 25.8.